The highest BCUT2D eigenvalue weighted by Gasteiger charge is 2.18. The Bertz CT molecular complexity index is 3630. The quantitative estimate of drug-likeness (QED) is 0.133. The molecule has 0 fully saturated rings. The van der Waals surface area contributed by atoms with Gasteiger partial charge in [-0.2, -0.15) is 0 Å². The molecule has 0 radical (unpaired) electrons. The van der Waals surface area contributed by atoms with Crippen molar-refractivity contribution in [2.75, 3.05) is 4.90 Å². The minimum atomic E-state index is 1.08. The van der Waals surface area contributed by atoms with Gasteiger partial charge in [-0.15, -0.1) is 0 Å². The Morgan fingerprint density at radius 3 is 0.926 bits per heavy atom. The number of hydrogen-bond acceptors (Lipinski definition) is 1. The van der Waals surface area contributed by atoms with Crippen molar-refractivity contribution in [1.29, 1.82) is 0 Å². The summed E-state index contributed by atoms with van der Waals surface area (Å²) < 4.78 is 2.38. The van der Waals surface area contributed by atoms with Crippen LogP contribution in [-0.2, 0) is 0 Å². The molecule has 320 valence electrons. The molecule has 2 heteroatoms. The Labute approximate surface area is 397 Å². The summed E-state index contributed by atoms with van der Waals surface area (Å²) >= 11 is 0. The van der Waals surface area contributed by atoms with Crippen LogP contribution in [0.15, 0.2) is 279 Å². The maximum absolute atomic E-state index is 2.38. The van der Waals surface area contributed by atoms with Crippen LogP contribution in [0.1, 0.15) is 0 Å². The van der Waals surface area contributed by atoms with E-state index in [1.165, 1.54) is 83.0 Å². The van der Waals surface area contributed by atoms with Crippen LogP contribution < -0.4 is 4.90 Å². The van der Waals surface area contributed by atoms with Crippen molar-refractivity contribution in [3.63, 3.8) is 0 Å². The average Bonchev–Trinajstić information content (AvgIpc) is 3.76. The lowest BCUT2D eigenvalue weighted by molar-refractivity contribution is 1.17. The maximum atomic E-state index is 2.38. The Hall–Kier alpha value is -8.98. The van der Waals surface area contributed by atoms with Gasteiger partial charge in [0, 0.05) is 33.5 Å². The number of para-hydroxylation sites is 2. The van der Waals surface area contributed by atoms with E-state index in [4.69, 9.17) is 0 Å². The third-order valence-corrected chi connectivity index (χ3v) is 13.3. The highest BCUT2D eigenvalue weighted by atomic mass is 15.1. The SMILES string of the molecule is c1ccc(-c2ccc(-c3ccc(N(c4ccc(-c5ccccc5-c5ccccc5-c5ccccc5-c5ccccc5)cc4)c4ccc(-n5c6ccccc6c6ccccc65)cc4)cc3)cc2)cc1. The molecule has 0 aliphatic heterocycles. The lowest BCUT2D eigenvalue weighted by atomic mass is 9.87. The lowest BCUT2D eigenvalue weighted by Crippen LogP contribution is -2.10. The average molecular weight is 867 g/mol. The van der Waals surface area contributed by atoms with Crippen molar-refractivity contribution in [2.24, 2.45) is 0 Å². The van der Waals surface area contributed by atoms with Crippen molar-refractivity contribution in [2.45, 2.75) is 0 Å². The van der Waals surface area contributed by atoms with Crippen LogP contribution in [0.5, 0.6) is 0 Å². The second-order valence-electron chi connectivity index (χ2n) is 17.3. The Balaban J connectivity index is 0.925. The molecular formula is C66H46N2. The van der Waals surface area contributed by atoms with E-state index in [9.17, 15) is 0 Å². The molecule has 68 heavy (non-hydrogen) atoms. The monoisotopic (exact) mass is 866 g/mol. The molecule has 0 aliphatic carbocycles. The molecule has 12 rings (SSSR count). The number of fused-ring (bicyclic) bond motifs is 3. The van der Waals surface area contributed by atoms with Crippen LogP contribution in [0.4, 0.5) is 17.1 Å². The summed E-state index contributed by atoms with van der Waals surface area (Å²) in [6.07, 6.45) is 0. The molecular weight excluding hydrogens is 821 g/mol. The normalized spacial score (nSPS) is 11.2. The summed E-state index contributed by atoms with van der Waals surface area (Å²) in [5.74, 6) is 0. The van der Waals surface area contributed by atoms with E-state index in [1.54, 1.807) is 0 Å². The second kappa shape index (κ2) is 17.8. The molecule has 0 unspecified atom stereocenters. The maximum Gasteiger partial charge on any atom is 0.0541 e. The van der Waals surface area contributed by atoms with Gasteiger partial charge in [0.1, 0.15) is 0 Å². The third-order valence-electron chi connectivity index (χ3n) is 13.3. The first-order chi connectivity index (χ1) is 33.7. The summed E-state index contributed by atoms with van der Waals surface area (Å²) in [6, 6.07) is 101. The predicted octanol–water partition coefficient (Wildman–Crippen LogP) is 18.3. The molecule has 0 spiro atoms. The molecule has 11 aromatic carbocycles. The fourth-order valence-corrected chi connectivity index (χ4v) is 9.99. The summed E-state index contributed by atoms with van der Waals surface area (Å²) in [7, 11) is 0. The van der Waals surface area contributed by atoms with E-state index in [-0.39, 0.29) is 0 Å². The molecule has 0 aliphatic rings. The Kier molecular flexibility index (Phi) is 10.6. The van der Waals surface area contributed by atoms with Gasteiger partial charge in [0.05, 0.1) is 11.0 Å². The van der Waals surface area contributed by atoms with Gasteiger partial charge in [0.25, 0.3) is 0 Å². The molecule has 0 amide bonds. The molecule has 2 nitrogen and oxygen atoms in total. The van der Waals surface area contributed by atoms with E-state index in [2.05, 4.69) is 289 Å². The zero-order valence-corrected chi connectivity index (χ0v) is 37.5. The van der Waals surface area contributed by atoms with Gasteiger partial charge in [-0.05, 0) is 127 Å². The molecule has 0 saturated carbocycles. The van der Waals surface area contributed by atoms with E-state index in [1.807, 2.05) is 0 Å². The zero-order valence-electron chi connectivity index (χ0n) is 37.5. The van der Waals surface area contributed by atoms with Gasteiger partial charge >= 0.3 is 0 Å². The van der Waals surface area contributed by atoms with Crippen LogP contribution in [0.25, 0.3) is 94.3 Å². The number of benzene rings is 11. The Morgan fingerprint density at radius 2 is 0.485 bits per heavy atom. The zero-order chi connectivity index (χ0) is 45.2. The van der Waals surface area contributed by atoms with Crippen molar-refractivity contribution >= 4 is 38.9 Å². The molecule has 12 aromatic rings. The Morgan fingerprint density at radius 1 is 0.206 bits per heavy atom. The summed E-state index contributed by atoms with van der Waals surface area (Å²) in [6.45, 7) is 0. The van der Waals surface area contributed by atoms with Crippen molar-refractivity contribution in [1.82, 2.24) is 4.57 Å². The first-order valence-electron chi connectivity index (χ1n) is 23.3. The van der Waals surface area contributed by atoms with E-state index in [0.717, 1.165) is 28.3 Å². The van der Waals surface area contributed by atoms with Gasteiger partial charge in [-0.1, -0.05) is 218 Å². The topological polar surface area (TPSA) is 8.17 Å². The summed E-state index contributed by atoms with van der Waals surface area (Å²) in [5.41, 5.74) is 21.2. The van der Waals surface area contributed by atoms with Gasteiger partial charge in [0.15, 0.2) is 0 Å². The van der Waals surface area contributed by atoms with Crippen molar-refractivity contribution in [3.05, 3.63) is 279 Å². The number of nitrogens with zero attached hydrogens (tertiary/aromatic N) is 2. The molecule has 0 saturated heterocycles. The highest BCUT2D eigenvalue weighted by molar-refractivity contribution is 6.09. The van der Waals surface area contributed by atoms with Crippen LogP contribution in [0.2, 0.25) is 0 Å². The predicted molar refractivity (Wildman–Crippen MR) is 288 cm³/mol. The fourth-order valence-electron chi connectivity index (χ4n) is 9.99. The van der Waals surface area contributed by atoms with Gasteiger partial charge in [-0.25, -0.2) is 0 Å². The minimum absolute atomic E-state index is 1.08. The molecule has 0 atom stereocenters. The molecule has 1 aromatic heterocycles. The van der Waals surface area contributed by atoms with Gasteiger partial charge in [0.2, 0.25) is 0 Å². The van der Waals surface area contributed by atoms with E-state index in [0.29, 0.717) is 0 Å². The lowest BCUT2D eigenvalue weighted by Gasteiger charge is -2.26. The molecule has 1 heterocycles. The standard InChI is InChI=1S/C66H46N2/c1-3-17-47(18-4-1)48-31-33-49(34-32-48)50-35-39-53(40-36-50)67(55-43-45-56(46-44-55)68-65-29-15-13-27-63(65)64-28-14-16-30-66(64)68)54-41-37-52(38-42-54)58-22-8-10-24-60(58)62-26-12-11-25-61(62)59-23-9-7-21-57(59)51-19-5-2-6-20-51/h1-46H. The number of hydrogen-bond donors (Lipinski definition) is 0. The largest absolute Gasteiger partial charge is 0.311 e. The highest BCUT2D eigenvalue weighted by Crippen LogP contribution is 2.43. The number of anilines is 3. The van der Waals surface area contributed by atoms with Crippen molar-refractivity contribution in [3.8, 4) is 72.4 Å². The fraction of sp³-hybridized carbons (Fsp3) is 0. The van der Waals surface area contributed by atoms with E-state index < -0.39 is 0 Å². The van der Waals surface area contributed by atoms with E-state index >= 15 is 0 Å². The smallest absolute Gasteiger partial charge is 0.0541 e. The first-order valence-corrected chi connectivity index (χ1v) is 23.3. The second-order valence-corrected chi connectivity index (χ2v) is 17.3. The van der Waals surface area contributed by atoms with Gasteiger partial charge in [-0.3, -0.25) is 0 Å². The minimum Gasteiger partial charge on any atom is -0.311 e. The van der Waals surface area contributed by atoms with Crippen LogP contribution in [0.3, 0.4) is 0 Å². The van der Waals surface area contributed by atoms with Gasteiger partial charge < -0.3 is 9.47 Å². The third kappa shape index (κ3) is 7.54. The van der Waals surface area contributed by atoms with Crippen LogP contribution in [-0.4, -0.2) is 4.57 Å². The van der Waals surface area contributed by atoms with Crippen LogP contribution in [0, 0.1) is 0 Å². The molecule has 0 bridgehead atoms. The number of aromatic nitrogens is 1. The number of rotatable bonds is 10. The molecule has 0 N–H and O–H groups in total. The first kappa shape index (κ1) is 40.5. The van der Waals surface area contributed by atoms with Crippen molar-refractivity contribution < 1.29 is 0 Å². The summed E-state index contributed by atoms with van der Waals surface area (Å²) in [5, 5.41) is 2.51. The van der Waals surface area contributed by atoms with Crippen LogP contribution >= 0.6 is 0 Å². The summed E-state index contributed by atoms with van der Waals surface area (Å²) in [4.78, 5) is 2.36.